The zero-order valence-corrected chi connectivity index (χ0v) is 11.6. The molecule has 1 aromatic rings. The normalized spacial score (nSPS) is 10.9. The molecule has 0 atom stereocenters. The van der Waals surface area contributed by atoms with Gasteiger partial charge in [-0.1, -0.05) is 25.8 Å². The van der Waals surface area contributed by atoms with E-state index in [1.54, 1.807) is 6.07 Å². The molecule has 0 saturated carbocycles. The number of amides is 2. The summed E-state index contributed by atoms with van der Waals surface area (Å²) in [6, 6.07) is 3.55. The van der Waals surface area contributed by atoms with E-state index in [-0.39, 0.29) is 5.82 Å². The van der Waals surface area contributed by atoms with E-state index in [0.717, 1.165) is 19.3 Å². The molecule has 20 heavy (non-hydrogen) atoms. The lowest BCUT2D eigenvalue weighted by Crippen LogP contribution is -2.24. The zero-order chi connectivity index (χ0) is 14.8. The third-order valence-corrected chi connectivity index (χ3v) is 2.63. The van der Waals surface area contributed by atoms with Crippen LogP contribution in [0.25, 0.3) is 0 Å². The molecular weight excluding hydrogens is 261 g/mol. The summed E-state index contributed by atoms with van der Waals surface area (Å²) in [5.74, 6) is -0.336. The van der Waals surface area contributed by atoms with Crippen LogP contribution in [0.15, 0.2) is 23.3 Å². The number of nitrogens with two attached hydrogens (primary N) is 1. The second kappa shape index (κ2) is 9.03. The van der Waals surface area contributed by atoms with Gasteiger partial charge < -0.3 is 10.5 Å². The fraction of sp³-hybridized carbons (Fsp3) is 0.429. The lowest BCUT2D eigenvalue weighted by molar-refractivity contribution is 0.117. The van der Waals surface area contributed by atoms with Gasteiger partial charge in [0.05, 0.1) is 12.8 Å². The first-order valence-corrected chi connectivity index (χ1v) is 6.58. The van der Waals surface area contributed by atoms with Crippen LogP contribution in [0.3, 0.4) is 0 Å². The molecule has 0 heterocycles. The summed E-state index contributed by atoms with van der Waals surface area (Å²) in [6.07, 6.45) is 4.63. The van der Waals surface area contributed by atoms with Gasteiger partial charge in [0.15, 0.2) is 0 Å². The van der Waals surface area contributed by atoms with E-state index in [1.807, 2.05) is 0 Å². The van der Waals surface area contributed by atoms with E-state index < -0.39 is 6.03 Å². The predicted molar refractivity (Wildman–Crippen MR) is 75.9 cm³/mol. The third kappa shape index (κ3) is 6.29. The first kappa shape index (κ1) is 16.1. The average molecular weight is 281 g/mol. The number of urea groups is 1. The minimum absolute atomic E-state index is 0.305. The molecule has 0 spiro atoms. The average Bonchev–Trinajstić information content (AvgIpc) is 2.40. The van der Waals surface area contributed by atoms with E-state index in [1.165, 1.54) is 18.3 Å². The Balaban J connectivity index is 2.60. The quantitative estimate of drug-likeness (QED) is 0.436. The van der Waals surface area contributed by atoms with Crippen LogP contribution in [0.5, 0.6) is 0 Å². The van der Waals surface area contributed by atoms with Crippen molar-refractivity contribution < 1.29 is 13.9 Å². The van der Waals surface area contributed by atoms with Gasteiger partial charge in [-0.15, -0.1) is 0 Å². The van der Waals surface area contributed by atoms with Crippen LogP contribution in [-0.4, -0.2) is 18.9 Å². The first-order chi connectivity index (χ1) is 9.63. The topological polar surface area (TPSA) is 76.7 Å². The zero-order valence-electron chi connectivity index (χ0n) is 11.6. The molecule has 0 aliphatic heterocycles. The Labute approximate surface area is 118 Å². The number of primary amides is 1. The minimum atomic E-state index is -0.749. The molecule has 6 heteroatoms. The molecule has 0 bridgehead atoms. The number of carbonyl (C=O) groups excluding carboxylic acids is 1. The maximum Gasteiger partial charge on any atom is 0.332 e. The van der Waals surface area contributed by atoms with Crippen LogP contribution in [-0.2, 0) is 11.3 Å². The number of nitrogens with zero attached hydrogens (tertiary/aromatic N) is 1. The summed E-state index contributed by atoms with van der Waals surface area (Å²) in [7, 11) is 0. The Kier molecular flexibility index (Phi) is 7.27. The fourth-order valence-corrected chi connectivity index (χ4v) is 1.63. The first-order valence-electron chi connectivity index (χ1n) is 6.58. The lowest BCUT2D eigenvalue weighted by atomic mass is 10.1. The van der Waals surface area contributed by atoms with Crippen molar-refractivity contribution >= 4 is 12.2 Å². The molecule has 2 amide bonds. The van der Waals surface area contributed by atoms with Crippen molar-refractivity contribution in [3.63, 3.8) is 0 Å². The number of rotatable bonds is 8. The second-order valence-corrected chi connectivity index (χ2v) is 4.34. The number of carbonyl (C=O) groups is 1. The Morgan fingerprint density at radius 3 is 3.00 bits per heavy atom. The summed E-state index contributed by atoms with van der Waals surface area (Å²) in [5, 5.41) is 3.66. The molecule has 1 rings (SSSR count). The van der Waals surface area contributed by atoms with Crippen LogP contribution in [0.1, 0.15) is 37.3 Å². The van der Waals surface area contributed by atoms with Crippen molar-refractivity contribution in [2.24, 2.45) is 10.8 Å². The highest BCUT2D eigenvalue weighted by molar-refractivity contribution is 5.83. The highest BCUT2D eigenvalue weighted by Gasteiger charge is 2.03. The number of hydrogen-bond acceptors (Lipinski definition) is 3. The maximum absolute atomic E-state index is 13.2. The maximum atomic E-state index is 13.2. The third-order valence-electron chi connectivity index (χ3n) is 2.63. The molecule has 0 radical (unpaired) electrons. The van der Waals surface area contributed by atoms with Gasteiger partial charge in [-0.05, 0) is 24.1 Å². The Morgan fingerprint density at radius 2 is 2.30 bits per heavy atom. The molecule has 1 aromatic carbocycles. The van der Waals surface area contributed by atoms with Crippen LogP contribution in [0, 0.1) is 5.82 Å². The lowest BCUT2D eigenvalue weighted by Gasteiger charge is -2.07. The summed E-state index contributed by atoms with van der Waals surface area (Å²) in [6.45, 7) is 3.06. The van der Waals surface area contributed by atoms with Crippen molar-refractivity contribution in [3.05, 3.63) is 35.1 Å². The molecule has 0 unspecified atom stereocenters. The predicted octanol–water partition coefficient (Wildman–Crippen LogP) is 2.53. The van der Waals surface area contributed by atoms with Crippen molar-refractivity contribution in [1.82, 2.24) is 5.43 Å². The number of unbranched alkanes of at least 4 members (excludes halogenated alkanes) is 2. The van der Waals surface area contributed by atoms with Gasteiger partial charge in [0.2, 0.25) is 0 Å². The monoisotopic (exact) mass is 281 g/mol. The van der Waals surface area contributed by atoms with Crippen LogP contribution in [0.4, 0.5) is 9.18 Å². The largest absolute Gasteiger partial charge is 0.377 e. The number of nitrogens with one attached hydrogen (secondary N) is 1. The molecule has 0 saturated heterocycles. The van der Waals surface area contributed by atoms with E-state index in [0.29, 0.717) is 24.3 Å². The number of ether oxygens (including phenoxy) is 1. The number of halogens is 1. The van der Waals surface area contributed by atoms with Gasteiger partial charge in [-0.25, -0.2) is 14.6 Å². The van der Waals surface area contributed by atoms with Gasteiger partial charge in [-0.3, -0.25) is 0 Å². The SMILES string of the molecule is CCCCCOCc1cc(F)ccc1C=NNC(N)=O. The Morgan fingerprint density at radius 1 is 1.50 bits per heavy atom. The summed E-state index contributed by atoms with van der Waals surface area (Å²) in [4.78, 5) is 10.5. The van der Waals surface area contributed by atoms with Crippen molar-refractivity contribution in [2.75, 3.05) is 6.61 Å². The van der Waals surface area contributed by atoms with Crippen molar-refractivity contribution in [2.45, 2.75) is 32.8 Å². The van der Waals surface area contributed by atoms with Crippen LogP contribution in [0.2, 0.25) is 0 Å². The van der Waals surface area contributed by atoms with Crippen LogP contribution < -0.4 is 11.2 Å². The standard InChI is InChI=1S/C14H20FN3O2/c1-2-3-4-7-20-10-12-8-13(15)6-5-11(12)9-17-18-14(16)19/h5-6,8-9H,2-4,7,10H2,1H3,(H3,16,18,19). The van der Waals surface area contributed by atoms with Crippen LogP contribution >= 0.6 is 0 Å². The summed E-state index contributed by atoms with van der Waals surface area (Å²) in [5.41, 5.74) is 8.34. The summed E-state index contributed by atoms with van der Waals surface area (Å²) < 4.78 is 18.7. The van der Waals surface area contributed by atoms with E-state index in [9.17, 15) is 9.18 Å². The molecule has 0 fully saturated rings. The smallest absolute Gasteiger partial charge is 0.332 e. The molecule has 5 nitrogen and oxygen atoms in total. The molecule has 110 valence electrons. The minimum Gasteiger partial charge on any atom is -0.377 e. The van der Waals surface area contributed by atoms with Crippen molar-refractivity contribution in [3.8, 4) is 0 Å². The molecule has 3 N–H and O–H groups in total. The van der Waals surface area contributed by atoms with Crippen molar-refractivity contribution in [1.29, 1.82) is 0 Å². The van der Waals surface area contributed by atoms with E-state index >= 15 is 0 Å². The van der Waals surface area contributed by atoms with Gasteiger partial charge in [0.25, 0.3) is 0 Å². The number of hydrogen-bond donors (Lipinski definition) is 2. The van der Waals surface area contributed by atoms with Gasteiger partial charge in [0.1, 0.15) is 5.82 Å². The fourth-order valence-electron chi connectivity index (χ4n) is 1.63. The van der Waals surface area contributed by atoms with E-state index in [2.05, 4.69) is 17.5 Å². The van der Waals surface area contributed by atoms with Gasteiger partial charge in [0, 0.05) is 12.2 Å². The summed E-state index contributed by atoms with van der Waals surface area (Å²) >= 11 is 0. The van der Waals surface area contributed by atoms with Gasteiger partial charge >= 0.3 is 6.03 Å². The molecule has 0 aliphatic rings. The number of benzene rings is 1. The molecule has 0 aliphatic carbocycles. The highest BCUT2D eigenvalue weighted by Crippen LogP contribution is 2.11. The second-order valence-electron chi connectivity index (χ2n) is 4.34. The van der Waals surface area contributed by atoms with Gasteiger partial charge in [-0.2, -0.15) is 5.10 Å². The molecular formula is C14H20FN3O2. The Hall–Kier alpha value is -1.95. The van der Waals surface area contributed by atoms with E-state index in [4.69, 9.17) is 10.5 Å². The number of hydrazone groups is 1. The highest BCUT2D eigenvalue weighted by atomic mass is 19.1. The molecule has 0 aromatic heterocycles. The Bertz CT molecular complexity index is 464.